The van der Waals surface area contributed by atoms with E-state index in [1.165, 1.54) is 11.8 Å². The number of ether oxygens (including phenoxy) is 1. The van der Waals surface area contributed by atoms with E-state index in [2.05, 4.69) is 22.1 Å². The van der Waals surface area contributed by atoms with Crippen molar-refractivity contribution in [1.29, 1.82) is 0 Å². The number of hydrogen-bond donors (Lipinski definition) is 1. The highest BCUT2D eigenvalue weighted by Gasteiger charge is 2.25. The number of aromatic nitrogens is 3. The van der Waals surface area contributed by atoms with Crippen molar-refractivity contribution in [2.24, 2.45) is 0 Å². The molecule has 10 heteroatoms. The molecule has 0 fully saturated rings. The fourth-order valence-electron chi connectivity index (χ4n) is 3.05. The van der Waals surface area contributed by atoms with Gasteiger partial charge >= 0.3 is 0 Å². The van der Waals surface area contributed by atoms with Gasteiger partial charge in [-0.2, -0.15) is 0 Å². The van der Waals surface area contributed by atoms with Crippen LogP contribution in [0.1, 0.15) is 19.2 Å². The third kappa shape index (κ3) is 6.23. The molecule has 0 spiro atoms. The zero-order valence-corrected chi connectivity index (χ0v) is 20.1. The minimum absolute atomic E-state index is 0.181. The van der Waals surface area contributed by atoms with Crippen molar-refractivity contribution in [1.82, 2.24) is 14.8 Å². The summed E-state index contributed by atoms with van der Waals surface area (Å²) >= 11 is 1.24. The van der Waals surface area contributed by atoms with Crippen molar-refractivity contribution in [2.45, 2.75) is 40.9 Å². The van der Waals surface area contributed by atoms with Gasteiger partial charge in [0.15, 0.2) is 15.0 Å². The smallest absolute Gasteiger partial charge is 0.237 e. The second kappa shape index (κ2) is 11.2. The molecule has 0 saturated heterocycles. The Labute approximate surface area is 198 Å². The van der Waals surface area contributed by atoms with Crippen LogP contribution in [0.15, 0.2) is 77.3 Å². The molecule has 33 heavy (non-hydrogen) atoms. The van der Waals surface area contributed by atoms with Crippen LogP contribution in [0.25, 0.3) is 0 Å². The molecule has 0 aliphatic rings. The Balaban J connectivity index is 1.78. The van der Waals surface area contributed by atoms with Gasteiger partial charge in [0.1, 0.15) is 17.3 Å². The monoisotopic (exact) mass is 486 g/mol. The summed E-state index contributed by atoms with van der Waals surface area (Å²) in [5.74, 6) is 0.517. The van der Waals surface area contributed by atoms with E-state index in [1.54, 1.807) is 72.4 Å². The van der Waals surface area contributed by atoms with Crippen molar-refractivity contribution >= 4 is 33.2 Å². The fourth-order valence-corrected chi connectivity index (χ4v) is 5.33. The summed E-state index contributed by atoms with van der Waals surface area (Å²) in [6, 6.07) is 15.3. The number of amides is 1. The Morgan fingerprint density at radius 1 is 1.18 bits per heavy atom. The number of nitrogens with zero attached hydrogens (tertiary/aromatic N) is 3. The third-order valence-corrected chi connectivity index (χ3v) is 7.77. The topological polar surface area (TPSA) is 103 Å². The highest BCUT2D eigenvalue weighted by Crippen LogP contribution is 2.27. The third-order valence-electron chi connectivity index (χ3n) is 4.80. The molecule has 1 aromatic heterocycles. The fraction of sp³-hybridized carbons (Fsp3) is 0.261. The number of benzene rings is 2. The second-order valence-corrected chi connectivity index (χ2v) is 10.3. The molecule has 0 saturated carbocycles. The van der Waals surface area contributed by atoms with Crippen LogP contribution in [0.4, 0.5) is 5.69 Å². The van der Waals surface area contributed by atoms with E-state index in [9.17, 15) is 13.2 Å². The Morgan fingerprint density at radius 2 is 1.88 bits per heavy atom. The van der Waals surface area contributed by atoms with Gasteiger partial charge in [-0.3, -0.25) is 4.79 Å². The molecule has 174 valence electrons. The molecule has 0 aliphatic carbocycles. The van der Waals surface area contributed by atoms with Crippen molar-refractivity contribution in [3.8, 4) is 5.75 Å². The van der Waals surface area contributed by atoms with Gasteiger partial charge in [0.2, 0.25) is 5.91 Å². The van der Waals surface area contributed by atoms with Crippen LogP contribution in [-0.2, 0) is 26.9 Å². The van der Waals surface area contributed by atoms with E-state index in [0.717, 1.165) is 0 Å². The Kier molecular flexibility index (Phi) is 8.29. The van der Waals surface area contributed by atoms with E-state index < -0.39 is 15.1 Å². The van der Waals surface area contributed by atoms with Gasteiger partial charge in [0, 0.05) is 12.2 Å². The Bertz CT molecular complexity index is 1190. The number of carbonyl (C=O) groups excluding carboxylic acids is 1. The van der Waals surface area contributed by atoms with Crippen LogP contribution in [0.3, 0.4) is 0 Å². The first kappa shape index (κ1) is 24.5. The summed E-state index contributed by atoms with van der Waals surface area (Å²) in [7, 11) is -2.01. The molecule has 1 unspecified atom stereocenters. The molecule has 2 aromatic carbocycles. The van der Waals surface area contributed by atoms with Crippen LogP contribution >= 0.6 is 11.8 Å². The Hall–Kier alpha value is -3.11. The van der Waals surface area contributed by atoms with Gasteiger partial charge in [-0.1, -0.05) is 43.0 Å². The highest BCUT2D eigenvalue weighted by molar-refractivity contribution is 8.00. The summed E-state index contributed by atoms with van der Waals surface area (Å²) in [6.07, 6.45) is 2.19. The molecule has 1 N–H and O–H groups in total. The van der Waals surface area contributed by atoms with Gasteiger partial charge < -0.3 is 14.6 Å². The highest BCUT2D eigenvalue weighted by atomic mass is 32.2. The first-order valence-electron chi connectivity index (χ1n) is 10.3. The van der Waals surface area contributed by atoms with Crippen LogP contribution in [0.2, 0.25) is 0 Å². The molecule has 1 heterocycles. The number of allylic oxidation sites excluding steroid dienone is 1. The number of carbonyl (C=O) groups is 1. The number of sulfone groups is 1. The lowest BCUT2D eigenvalue weighted by molar-refractivity contribution is -0.115. The SMILES string of the molecule is C=CCn1c(CS(=O)(=O)c2ccccc2)nnc1SC(CC)C(=O)Nc1ccc(OC)cc1. The molecule has 3 rings (SSSR count). The summed E-state index contributed by atoms with van der Waals surface area (Å²) in [5, 5.41) is 11.2. The molecule has 0 radical (unpaired) electrons. The number of thioether (sulfide) groups is 1. The minimum Gasteiger partial charge on any atom is -0.497 e. The van der Waals surface area contributed by atoms with Crippen molar-refractivity contribution in [3.63, 3.8) is 0 Å². The first-order chi connectivity index (χ1) is 15.9. The number of anilines is 1. The number of rotatable bonds is 11. The average Bonchev–Trinajstić information content (AvgIpc) is 3.18. The van der Waals surface area contributed by atoms with Gasteiger partial charge in [-0.15, -0.1) is 16.8 Å². The van der Waals surface area contributed by atoms with E-state index in [1.807, 2.05) is 6.92 Å². The summed E-state index contributed by atoms with van der Waals surface area (Å²) in [4.78, 5) is 13.1. The maximum Gasteiger partial charge on any atom is 0.237 e. The molecule has 1 amide bonds. The normalized spacial score (nSPS) is 12.2. The summed E-state index contributed by atoms with van der Waals surface area (Å²) in [6.45, 7) is 5.98. The van der Waals surface area contributed by atoms with Gasteiger partial charge in [0.05, 0.1) is 17.3 Å². The van der Waals surface area contributed by atoms with E-state index in [0.29, 0.717) is 35.4 Å². The van der Waals surface area contributed by atoms with Crippen molar-refractivity contribution in [2.75, 3.05) is 12.4 Å². The van der Waals surface area contributed by atoms with Crippen LogP contribution in [0, 0.1) is 0 Å². The molecular formula is C23H26N4O4S2. The minimum atomic E-state index is -3.59. The molecule has 0 bridgehead atoms. The van der Waals surface area contributed by atoms with Crippen molar-refractivity contribution < 1.29 is 17.9 Å². The van der Waals surface area contributed by atoms with Crippen LogP contribution < -0.4 is 10.1 Å². The van der Waals surface area contributed by atoms with Gasteiger partial charge in [0.25, 0.3) is 0 Å². The lowest BCUT2D eigenvalue weighted by Crippen LogP contribution is -2.25. The number of hydrogen-bond acceptors (Lipinski definition) is 7. The lowest BCUT2D eigenvalue weighted by Gasteiger charge is -2.15. The van der Waals surface area contributed by atoms with E-state index in [4.69, 9.17) is 4.74 Å². The van der Waals surface area contributed by atoms with Crippen LogP contribution in [0.5, 0.6) is 5.75 Å². The maximum absolute atomic E-state index is 12.9. The quantitative estimate of drug-likeness (QED) is 0.323. The molecule has 8 nitrogen and oxygen atoms in total. The predicted octanol–water partition coefficient (Wildman–Crippen LogP) is 3.96. The zero-order valence-electron chi connectivity index (χ0n) is 18.5. The number of methoxy groups -OCH3 is 1. The summed E-state index contributed by atoms with van der Waals surface area (Å²) in [5.41, 5.74) is 0.655. The second-order valence-electron chi connectivity index (χ2n) is 7.10. The maximum atomic E-state index is 12.9. The zero-order chi connectivity index (χ0) is 23.8. The standard InChI is InChI=1S/C23H26N4O4S2/c1-4-15-27-21(16-33(29,30)19-9-7-6-8-10-19)25-26-23(27)32-20(5-2)22(28)24-17-11-13-18(31-3)14-12-17/h4,6-14,20H,1,5,15-16H2,2-3H3,(H,24,28). The van der Waals surface area contributed by atoms with Crippen molar-refractivity contribution in [3.05, 3.63) is 73.1 Å². The molecule has 0 aliphatic heterocycles. The van der Waals surface area contributed by atoms with Gasteiger partial charge in [-0.25, -0.2) is 8.42 Å². The lowest BCUT2D eigenvalue weighted by atomic mass is 10.2. The Morgan fingerprint density at radius 3 is 2.48 bits per heavy atom. The molecule has 3 aromatic rings. The molecule has 1 atom stereocenters. The predicted molar refractivity (Wildman–Crippen MR) is 129 cm³/mol. The van der Waals surface area contributed by atoms with E-state index in [-0.39, 0.29) is 16.6 Å². The van der Waals surface area contributed by atoms with Crippen LogP contribution in [-0.4, -0.2) is 41.4 Å². The average molecular weight is 487 g/mol. The largest absolute Gasteiger partial charge is 0.497 e. The van der Waals surface area contributed by atoms with E-state index >= 15 is 0 Å². The molecular weight excluding hydrogens is 460 g/mol. The van der Waals surface area contributed by atoms with Gasteiger partial charge in [-0.05, 0) is 42.8 Å². The first-order valence-corrected chi connectivity index (χ1v) is 12.8. The number of nitrogens with one attached hydrogen (secondary N) is 1. The summed E-state index contributed by atoms with van der Waals surface area (Å²) < 4.78 is 32.5.